The lowest BCUT2D eigenvalue weighted by Crippen LogP contribution is -2.36. The van der Waals surface area contributed by atoms with Gasteiger partial charge in [-0.25, -0.2) is 0 Å². The molecule has 2 N–H and O–H groups in total. The molecule has 2 rings (SSSR count). The predicted octanol–water partition coefficient (Wildman–Crippen LogP) is 4.23. The van der Waals surface area contributed by atoms with E-state index in [1.54, 1.807) is 0 Å². The van der Waals surface area contributed by atoms with Crippen LogP contribution in [0.2, 0.25) is 0 Å². The Kier molecular flexibility index (Phi) is 4.63. The van der Waals surface area contributed by atoms with Gasteiger partial charge in [0.2, 0.25) is 0 Å². The monoisotopic (exact) mass is 251 g/mol. The maximum Gasteiger partial charge on any atom is 0.00512 e. The summed E-state index contributed by atoms with van der Waals surface area (Å²) >= 11 is 1.89. The highest BCUT2D eigenvalue weighted by Crippen LogP contribution is 2.42. The largest absolute Gasteiger partial charge is 0.330 e. The van der Waals surface area contributed by atoms with Gasteiger partial charge in [0.25, 0.3) is 0 Å². The predicted molar refractivity (Wildman–Crippen MR) is 76.4 cm³/mol. The molecule has 1 heterocycles. The van der Waals surface area contributed by atoms with Gasteiger partial charge in [0.1, 0.15) is 0 Å². The van der Waals surface area contributed by atoms with Gasteiger partial charge < -0.3 is 5.73 Å². The zero-order chi connectivity index (χ0) is 12.1. The highest BCUT2D eigenvalue weighted by molar-refractivity contribution is 7.09. The standard InChI is InChI=1S/C15H25NS/c1-2-4-13-6-8-15(12-16,9-7-13)11-14-5-3-10-17-14/h3,5,10,13H,2,4,6-9,11-12,16H2,1H3. The highest BCUT2D eigenvalue weighted by atomic mass is 32.1. The molecule has 0 unspecified atom stereocenters. The number of hydrogen-bond acceptors (Lipinski definition) is 2. The van der Waals surface area contributed by atoms with E-state index in [1.807, 2.05) is 11.3 Å². The number of rotatable bonds is 5. The Labute approximate surface area is 109 Å². The molecule has 0 spiro atoms. The zero-order valence-electron chi connectivity index (χ0n) is 11.0. The van der Waals surface area contributed by atoms with Crippen molar-refractivity contribution in [1.82, 2.24) is 0 Å². The third kappa shape index (κ3) is 3.32. The van der Waals surface area contributed by atoms with Crippen molar-refractivity contribution in [3.05, 3.63) is 22.4 Å². The summed E-state index contributed by atoms with van der Waals surface area (Å²) in [5, 5.41) is 2.18. The first-order valence-electron chi connectivity index (χ1n) is 7.00. The zero-order valence-corrected chi connectivity index (χ0v) is 11.8. The van der Waals surface area contributed by atoms with Crippen LogP contribution in [0.25, 0.3) is 0 Å². The Morgan fingerprint density at radius 1 is 1.41 bits per heavy atom. The molecule has 1 saturated carbocycles. The summed E-state index contributed by atoms with van der Waals surface area (Å²) in [5.74, 6) is 0.975. The molecule has 0 bridgehead atoms. The Bertz CT molecular complexity index is 310. The molecular formula is C15H25NS. The molecule has 2 heteroatoms. The maximum absolute atomic E-state index is 6.08. The minimum absolute atomic E-state index is 0.412. The maximum atomic E-state index is 6.08. The van der Waals surface area contributed by atoms with Crippen molar-refractivity contribution >= 4 is 11.3 Å². The van der Waals surface area contributed by atoms with Crippen molar-refractivity contribution in [2.75, 3.05) is 6.54 Å². The molecule has 0 amide bonds. The molecule has 0 saturated heterocycles. The van der Waals surface area contributed by atoms with Gasteiger partial charge in [-0.1, -0.05) is 25.8 Å². The van der Waals surface area contributed by atoms with Crippen LogP contribution in [-0.4, -0.2) is 6.54 Å². The molecule has 0 radical (unpaired) electrons. The third-order valence-electron chi connectivity index (χ3n) is 4.43. The van der Waals surface area contributed by atoms with Crippen LogP contribution in [0, 0.1) is 11.3 Å². The summed E-state index contributed by atoms with van der Waals surface area (Å²) in [6.07, 6.45) is 9.44. The SMILES string of the molecule is CCCC1CCC(CN)(Cc2cccs2)CC1. The lowest BCUT2D eigenvalue weighted by atomic mass is 9.67. The van der Waals surface area contributed by atoms with Crippen LogP contribution in [0.15, 0.2) is 17.5 Å². The number of nitrogens with two attached hydrogens (primary N) is 1. The molecule has 0 atom stereocenters. The van der Waals surface area contributed by atoms with Crippen molar-refractivity contribution in [3.8, 4) is 0 Å². The van der Waals surface area contributed by atoms with Gasteiger partial charge in [0, 0.05) is 4.88 Å². The Hall–Kier alpha value is -0.340. The van der Waals surface area contributed by atoms with Gasteiger partial charge in [0.05, 0.1) is 0 Å². The van der Waals surface area contributed by atoms with Crippen LogP contribution >= 0.6 is 11.3 Å². The van der Waals surface area contributed by atoms with Crippen molar-refractivity contribution in [2.45, 2.75) is 51.9 Å². The van der Waals surface area contributed by atoms with E-state index in [2.05, 4.69) is 24.4 Å². The molecule has 17 heavy (non-hydrogen) atoms. The highest BCUT2D eigenvalue weighted by Gasteiger charge is 2.34. The quantitative estimate of drug-likeness (QED) is 0.833. The molecule has 1 aliphatic carbocycles. The van der Waals surface area contributed by atoms with E-state index in [0.29, 0.717) is 5.41 Å². The summed E-state index contributed by atoms with van der Waals surface area (Å²) in [6.45, 7) is 3.17. The number of thiophene rings is 1. The average Bonchev–Trinajstić information content (AvgIpc) is 2.85. The smallest absolute Gasteiger partial charge is 0.00512 e. The van der Waals surface area contributed by atoms with E-state index < -0.39 is 0 Å². The minimum Gasteiger partial charge on any atom is -0.330 e. The van der Waals surface area contributed by atoms with Crippen LogP contribution < -0.4 is 5.73 Å². The van der Waals surface area contributed by atoms with Crippen LogP contribution in [-0.2, 0) is 6.42 Å². The normalized spacial score (nSPS) is 29.4. The fraction of sp³-hybridized carbons (Fsp3) is 0.733. The van der Waals surface area contributed by atoms with Crippen molar-refractivity contribution in [3.63, 3.8) is 0 Å². The second kappa shape index (κ2) is 6.01. The molecule has 0 aliphatic heterocycles. The fourth-order valence-corrected chi connectivity index (χ4v) is 4.10. The van der Waals surface area contributed by atoms with E-state index in [-0.39, 0.29) is 0 Å². The molecule has 1 aromatic heterocycles. The first kappa shape index (κ1) is 13.1. The Morgan fingerprint density at radius 3 is 2.71 bits per heavy atom. The molecule has 96 valence electrons. The van der Waals surface area contributed by atoms with E-state index in [0.717, 1.165) is 12.5 Å². The van der Waals surface area contributed by atoms with E-state index >= 15 is 0 Å². The van der Waals surface area contributed by atoms with Crippen LogP contribution in [0.4, 0.5) is 0 Å². The Balaban J connectivity index is 1.93. The van der Waals surface area contributed by atoms with E-state index in [4.69, 9.17) is 5.73 Å². The summed E-state index contributed by atoms with van der Waals surface area (Å²) in [4.78, 5) is 1.52. The second-order valence-electron chi connectivity index (χ2n) is 5.69. The van der Waals surface area contributed by atoms with Gasteiger partial charge in [-0.15, -0.1) is 11.3 Å². The summed E-state index contributed by atoms with van der Waals surface area (Å²) in [7, 11) is 0. The average molecular weight is 251 g/mol. The Morgan fingerprint density at radius 2 is 2.18 bits per heavy atom. The summed E-state index contributed by atoms with van der Waals surface area (Å²) in [5.41, 5.74) is 6.49. The van der Waals surface area contributed by atoms with Crippen molar-refractivity contribution in [1.29, 1.82) is 0 Å². The summed E-state index contributed by atoms with van der Waals surface area (Å²) < 4.78 is 0. The van der Waals surface area contributed by atoms with Crippen molar-refractivity contribution < 1.29 is 0 Å². The first-order chi connectivity index (χ1) is 8.28. The molecule has 1 aromatic rings. The van der Waals surface area contributed by atoms with Gasteiger partial charge in [-0.3, -0.25) is 0 Å². The first-order valence-corrected chi connectivity index (χ1v) is 7.88. The number of hydrogen-bond donors (Lipinski definition) is 1. The third-order valence-corrected chi connectivity index (χ3v) is 5.30. The molecule has 0 aromatic carbocycles. The molecule has 1 aliphatic rings. The molecular weight excluding hydrogens is 226 g/mol. The van der Waals surface area contributed by atoms with Crippen LogP contribution in [0.1, 0.15) is 50.3 Å². The van der Waals surface area contributed by atoms with Crippen LogP contribution in [0.3, 0.4) is 0 Å². The summed E-state index contributed by atoms with van der Waals surface area (Å²) in [6, 6.07) is 4.42. The second-order valence-corrected chi connectivity index (χ2v) is 6.72. The lowest BCUT2D eigenvalue weighted by molar-refractivity contribution is 0.152. The van der Waals surface area contributed by atoms with Gasteiger partial charge in [-0.05, 0) is 61.4 Å². The molecule has 1 nitrogen and oxygen atoms in total. The van der Waals surface area contributed by atoms with Gasteiger partial charge >= 0.3 is 0 Å². The van der Waals surface area contributed by atoms with Gasteiger partial charge in [0.15, 0.2) is 0 Å². The van der Waals surface area contributed by atoms with Gasteiger partial charge in [-0.2, -0.15) is 0 Å². The fourth-order valence-electron chi connectivity index (χ4n) is 3.22. The minimum atomic E-state index is 0.412. The topological polar surface area (TPSA) is 26.0 Å². The van der Waals surface area contributed by atoms with Crippen molar-refractivity contribution in [2.24, 2.45) is 17.1 Å². The molecule has 1 fully saturated rings. The lowest BCUT2D eigenvalue weighted by Gasteiger charge is -2.39. The van der Waals surface area contributed by atoms with E-state index in [9.17, 15) is 0 Å². The van der Waals surface area contributed by atoms with E-state index in [1.165, 1.54) is 49.8 Å². The van der Waals surface area contributed by atoms with Crippen LogP contribution in [0.5, 0.6) is 0 Å².